The van der Waals surface area contributed by atoms with Crippen LogP contribution in [0.4, 0.5) is 0 Å². The van der Waals surface area contributed by atoms with E-state index in [0.29, 0.717) is 6.42 Å². The fourth-order valence-electron chi connectivity index (χ4n) is 4.38. The van der Waals surface area contributed by atoms with Gasteiger partial charge < -0.3 is 13.9 Å². The molecule has 0 spiro atoms. The van der Waals surface area contributed by atoms with E-state index in [2.05, 4.69) is 0 Å². The maximum Gasteiger partial charge on any atom is 1.00 e. The Morgan fingerprint density at radius 2 is 1.43 bits per heavy atom. The summed E-state index contributed by atoms with van der Waals surface area (Å²) < 4.78 is 80.6. The summed E-state index contributed by atoms with van der Waals surface area (Å²) in [6.07, 6.45) is 3.15. The first-order valence-electron chi connectivity index (χ1n) is 8.50. The second kappa shape index (κ2) is 13.2. The van der Waals surface area contributed by atoms with Crippen molar-refractivity contribution in [1.29, 1.82) is 0 Å². The minimum Gasteiger partial charge on any atom is -0.748 e. The van der Waals surface area contributed by atoms with E-state index in [-0.39, 0.29) is 127 Å². The SMILES string of the molecule is CS(=O)C1CCCC(C(ON)C2CC(S(=O)(=O)[O-])CC(S(=O)(=O)[O-])C2)C1.[K+].[K+]. The van der Waals surface area contributed by atoms with E-state index >= 15 is 0 Å². The summed E-state index contributed by atoms with van der Waals surface area (Å²) in [4.78, 5) is 5.09. The fraction of sp³-hybridized carbons (Fsp3) is 1.00. The monoisotopic (exact) mass is 509 g/mol. The molecule has 2 saturated carbocycles. The van der Waals surface area contributed by atoms with Gasteiger partial charge in [-0.25, -0.2) is 22.7 Å². The van der Waals surface area contributed by atoms with Crippen molar-refractivity contribution in [2.24, 2.45) is 17.7 Å². The van der Waals surface area contributed by atoms with Crippen LogP contribution >= 0.6 is 0 Å². The second-order valence-corrected chi connectivity index (χ2v) is 12.3. The van der Waals surface area contributed by atoms with Crippen LogP contribution in [0.25, 0.3) is 0 Å². The summed E-state index contributed by atoms with van der Waals surface area (Å²) in [6, 6.07) is 0. The van der Waals surface area contributed by atoms with Gasteiger partial charge in [0.25, 0.3) is 0 Å². The van der Waals surface area contributed by atoms with E-state index in [4.69, 9.17) is 10.7 Å². The molecule has 0 amide bonds. The van der Waals surface area contributed by atoms with Crippen LogP contribution in [0.5, 0.6) is 0 Å². The number of hydrogen-bond acceptors (Lipinski definition) is 9. The molecule has 2 rings (SSSR count). The van der Waals surface area contributed by atoms with E-state index in [0.717, 1.165) is 19.3 Å². The van der Waals surface area contributed by atoms with E-state index in [1.165, 1.54) is 0 Å². The van der Waals surface area contributed by atoms with Crippen molar-refractivity contribution in [2.75, 3.05) is 6.26 Å². The molecule has 0 aromatic heterocycles. The summed E-state index contributed by atoms with van der Waals surface area (Å²) in [7, 11) is -10.5. The first kappa shape index (κ1) is 31.2. The zero-order valence-electron chi connectivity index (χ0n) is 16.5. The standard InChI is InChI=1S/C14H27NO8S3.2K/c1-24(16)11-4-2-3-9(5-11)14(23-15)10-6-12(25(17,18)19)8-13(7-10)26(20,21)22;;/h9-14H,2-8,15H2,1H3,(H,17,18,19)(H,20,21,22);;/q;2*+1/p-2. The molecule has 2 fully saturated rings. The molecule has 6 atom stereocenters. The Labute approximate surface area is 254 Å². The molecule has 6 unspecified atom stereocenters. The molecule has 9 nitrogen and oxygen atoms in total. The van der Waals surface area contributed by atoms with Crippen LogP contribution < -0.4 is 109 Å². The minimum atomic E-state index is -4.75. The van der Waals surface area contributed by atoms with Crippen molar-refractivity contribution in [3.63, 3.8) is 0 Å². The molecular formula is C14H25K2NO8S3. The summed E-state index contributed by atoms with van der Waals surface area (Å²) in [5, 5.41) is -2.94. The van der Waals surface area contributed by atoms with Gasteiger partial charge in [0.05, 0.1) is 36.8 Å². The van der Waals surface area contributed by atoms with Crippen molar-refractivity contribution in [3.05, 3.63) is 0 Å². The normalized spacial score (nSPS) is 33.8. The Morgan fingerprint density at radius 3 is 1.82 bits per heavy atom. The fourth-order valence-corrected chi connectivity index (χ4v) is 7.43. The third kappa shape index (κ3) is 8.84. The van der Waals surface area contributed by atoms with Crippen LogP contribution in [0.2, 0.25) is 0 Å². The third-order valence-electron chi connectivity index (χ3n) is 5.70. The van der Waals surface area contributed by atoms with E-state index in [9.17, 15) is 30.1 Å². The van der Waals surface area contributed by atoms with Crippen molar-refractivity contribution in [3.8, 4) is 0 Å². The predicted octanol–water partition coefficient (Wildman–Crippen LogP) is -6.18. The summed E-state index contributed by atoms with van der Waals surface area (Å²) in [6.45, 7) is 0. The Hall–Kier alpha value is 3.16. The maximum absolute atomic E-state index is 11.8. The van der Waals surface area contributed by atoms with Crippen LogP contribution in [0.15, 0.2) is 0 Å². The molecule has 14 heteroatoms. The van der Waals surface area contributed by atoms with Gasteiger partial charge in [-0.1, -0.05) is 6.42 Å². The average Bonchev–Trinajstić information content (AvgIpc) is 2.54. The Balaban J connectivity index is 0.00000364. The van der Waals surface area contributed by atoms with Crippen LogP contribution in [0.1, 0.15) is 44.9 Å². The molecule has 0 radical (unpaired) electrons. The summed E-state index contributed by atoms with van der Waals surface area (Å²) in [5.41, 5.74) is 0. The molecule has 0 aromatic carbocycles. The number of hydrogen-bond donors (Lipinski definition) is 1. The van der Waals surface area contributed by atoms with Gasteiger partial charge in [-0.2, -0.15) is 0 Å². The molecular weight excluding hydrogens is 485 g/mol. The van der Waals surface area contributed by atoms with E-state index in [1.807, 2.05) is 0 Å². The van der Waals surface area contributed by atoms with Crippen LogP contribution in [-0.2, 0) is 35.9 Å². The molecule has 0 saturated heterocycles. The largest absolute Gasteiger partial charge is 1.00 e. The van der Waals surface area contributed by atoms with Crippen LogP contribution in [0.3, 0.4) is 0 Å². The average molecular weight is 510 g/mol. The molecule has 0 aliphatic heterocycles. The quantitative estimate of drug-likeness (QED) is 0.208. The van der Waals surface area contributed by atoms with Crippen LogP contribution in [0, 0.1) is 11.8 Å². The van der Waals surface area contributed by atoms with Crippen molar-refractivity contribution >= 4 is 31.0 Å². The summed E-state index contributed by atoms with van der Waals surface area (Å²) in [5.74, 6) is 4.67. The Bertz CT molecular complexity index is 693. The first-order valence-corrected chi connectivity index (χ1v) is 13.1. The smallest absolute Gasteiger partial charge is 0.748 e. The maximum atomic E-state index is 11.8. The zero-order valence-corrected chi connectivity index (χ0v) is 25.2. The number of rotatable bonds is 6. The molecule has 154 valence electrons. The van der Waals surface area contributed by atoms with Crippen molar-refractivity contribution in [1.82, 2.24) is 0 Å². The van der Waals surface area contributed by atoms with Gasteiger partial charge >= 0.3 is 103 Å². The predicted molar refractivity (Wildman–Crippen MR) is 93.2 cm³/mol. The molecule has 0 bridgehead atoms. The van der Waals surface area contributed by atoms with Gasteiger partial charge in [-0.15, -0.1) is 0 Å². The molecule has 28 heavy (non-hydrogen) atoms. The summed E-state index contributed by atoms with van der Waals surface area (Å²) >= 11 is 0. The van der Waals surface area contributed by atoms with Gasteiger partial charge in [-0.3, -0.25) is 4.21 Å². The zero-order chi connectivity index (χ0) is 19.7. The Kier molecular flexibility index (Phi) is 14.6. The van der Waals surface area contributed by atoms with E-state index in [1.54, 1.807) is 6.26 Å². The van der Waals surface area contributed by atoms with Gasteiger partial charge in [0, 0.05) is 22.3 Å². The topological polar surface area (TPSA) is 167 Å². The van der Waals surface area contributed by atoms with Crippen LogP contribution in [-0.4, -0.2) is 58.3 Å². The minimum absolute atomic E-state index is 0. The van der Waals surface area contributed by atoms with Crippen molar-refractivity contribution < 1.29 is 138 Å². The van der Waals surface area contributed by atoms with E-state index < -0.39 is 60.0 Å². The number of nitrogens with two attached hydrogens (primary N) is 1. The molecule has 0 heterocycles. The first-order chi connectivity index (χ1) is 11.9. The second-order valence-electron chi connectivity index (χ2n) is 7.34. The molecule has 2 aliphatic rings. The Morgan fingerprint density at radius 1 is 0.929 bits per heavy atom. The molecule has 2 N–H and O–H groups in total. The van der Waals surface area contributed by atoms with Gasteiger partial charge in [0.2, 0.25) is 0 Å². The molecule has 0 aromatic rings. The van der Waals surface area contributed by atoms with Gasteiger partial charge in [0.1, 0.15) is 0 Å². The molecule has 2 aliphatic carbocycles. The van der Waals surface area contributed by atoms with Gasteiger partial charge in [0.15, 0.2) is 0 Å². The van der Waals surface area contributed by atoms with Crippen molar-refractivity contribution in [2.45, 2.75) is 66.8 Å². The third-order valence-corrected chi connectivity index (χ3v) is 9.47. The van der Waals surface area contributed by atoms with Gasteiger partial charge in [-0.05, 0) is 50.4 Å².